The quantitative estimate of drug-likeness (QED) is 0.391. The zero-order chi connectivity index (χ0) is 21.6. The summed E-state index contributed by atoms with van der Waals surface area (Å²) in [7, 11) is 1.58. The van der Waals surface area contributed by atoms with Gasteiger partial charge >= 0.3 is 0 Å². The molecule has 4 aromatic rings. The van der Waals surface area contributed by atoms with Crippen molar-refractivity contribution in [2.24, 2.45) is 0 Å². The van der Waals surface area contributed by atoms with E-state index < -0.39 is 0 Å². The number of carbonyl (C=O) groups is 1. The topological polar surface area (TPSA) is 69.5 Å². The van der Waals surface area contributed by atoms with Crippen molar-refractivity contribution < 1.29 is 14.3 Å². The number of amides is 1. The Morgan fingerprint density at radius 2 is 2.03 bits per heavy atom. The number of rotatable bonds is 9. The second kappa shape index (κ2) is 9.61. The van der Waals surface area contributed by atoms with E-state index in [1.54, 1.807) is 36.7 Å². The minimum absolute atomic E-state index is 0.0968. The summed E-state index contributed by atoms with van der Waals surface area (Å²) < 4.78 is 14.2. The van der Waals surface area contributed by atoms with Crippen molar-refractivity contribution in [2.75, 3.05) is 25.2 Å². The van der Waals surface area contributed by atoms with Gasteiger partial charge < -0.3 is 14.0 Å². The highest BCUT2D eigenvalue weighted by Crippen LogP contribution is 2.30. The summed E-state index contributed by atoms with van der Waals surface area (Å²) in [6.45, 7) is 3.25. The fraction of sp³-hybridized carbons (Fsp3) is 0.261. The fourth-order valence-electron chi connectivity index (χ4n) is 3.25. The Balaban J connectivity index is 1.52. The van der Waals surface area contributed by atoms with Crippen LogP contribution >= 0.6 is 11.3 Å². The largest absolute Gasteiger partial charge is 0.493 e. The van der Waals surface area contributed by atoms with Crippen LogP contribution < -0.4 is 14.4 Å². The number of nitrogens with zero attached hydrogens (tertiary/aromatic N) is 4. The number of anilines is 1. The van der Waals surface area contributed by atoms with Gasteiger partial charge in [-0.1, -0.05) is 29.5 Å². The summed E-state index contributed by atoms with van der Waals surface area (Å²) in [5.41, 5.74) is 2.06. The van der Waals surface area contributed by atoms with E-state index in [1.807, 2.05) is 42.0 Å². The number of para-hydroxylation sites is 2. The zero-order valence-electron chi connectivity index (χ0n) is 17.5. The van der Waals surface area contributed by atoms with Gasteiger partial charge in [-0.3, -0.25) is 9.69 Å². The smallest absolute Gasteiger partial charge is 0.266 e. The lowest BCUT2D eigenvalue weighted by Crippen LogP contribution is -2.36. The zero-order valence-corrected chi connectivity index (χ0v) is 18.3. The summed E-state index contributed by atoms with van der Waals surface area (Å²) in [4.78, 5) is 23.6. The highest BCUT2D eigenvalue weighted by atomic mass is 32.1. The third-order valence-corrected chi connectivity index (χ3v) is 5.88. The van der Waals surface area contributed by atoms with E-state index in [0.29, 0.717) is 23.2 Å². The second-order valence-electron chi connectivity index (χ2n) is 7.11. The van der Waals surface area contributed by atoms with E-state index in [1.165, 1.54) is 16.9 Å². The predicted molar refractivity (Wildman–Crippen MR) is 122 cm³/mol. The first-order valence-electron chi connectivity index (χ1n) is 10.0. The standard InChI is InChI=1S/C23H24N4O3S/c1-17-8-9-18-21(14-17)31-23(25-18)27(12-5-11-26-13-10-24-16-26)22(28)15-30-20-7-4-3-6-19(20)29-2/h3-4,6-10,13-14,16H,5,11-12,15H2,1-2H3. The number of carbonyl (C=O) groups excluding carboxylic acids is 1. The van der Waals surface area contributed by atoms with Gasteiger partial charge in [0.15, 0.2) is 23.2 Å². The van der Waals surface area contributed by atoms with Crippen LogP contribution in [-0.4, -0.2) is 40.7 Å². The molecule has 0 bridgehead atoms. The lowest BCUT2D eigenvalue weighted by atomic mass is 10.2. The molecule has 0 fully saturated rings. The fourth-order valence-corrected chi connectivity index (χ4v) is 4.36. The van der Waals surface area contributed by atoms with Crippen LogP contribution in [0.4, 0.5) is 5.13 Å². The van der Waals surface area contributed by atoms with Crippen LogP contribution in [0.25, 0.3) is 10.2 Å². The van der Waals surface area contributed by atoms with Crippen LogP contribution in [0.5, 0.6) is 11.5 Å². The van der Waals surface area contributed by atoms with Crippen molar-refractivity contribution >= 4 is 32.6 Å². The lowest BCUT2D eigenvalue weighted by Gasteiger charge is -2.20. The molecule has 0 unspecified atom stereocenters. The highest BCUT2D eigenvalue weighted by molar-refractivity contribution is 7.22. The molecule has 0 saturated heterocycles. The summed E-state index contributed by atoms with van der Waals surface area (Å²) in [6, 6.07) is 13.4. The molecule has 0 spiro atoms. The maximum absolute atomic E-state index is 13.2. The molecule has 1 amide bonds. The molecule has 4 rings (SSSR count). The third kappa shape index (κ3) is 5.03. The Hall–Kier alpha value is -3.39. The molecule has 0 saturated carbocycles. The minimum atomic E-state index is -0.146. The number of hydrogen-bond acceptors (Lipinski definition) is 6. The number of hydrogen-bond donors (Lipinski definition) is 0. The number of imidazole rings is 1. The van der Waals surface area contributed by atoms with E-state index >= 15 is 0 Å². The number of aromatic nitrogens is 3. The van der Waals surface area contributed by atoms with Crippen molar-refractivity contribution in [1.82, 2.24) is 14.5 Å². The molecule has 0 radical (unpaired) electrons. The summed E-state index contributed by atoms with van der Waals surface area (Å²) in [6.07, 6.45) is 6.21. The van der Waals surface area contributed by atoms with Crippen molar-refractivity contribution in [2.45, 2.75) is 19.9 Å². The number of thiazole rings is 1. The molecule has 0 aliphatic rings. The Bertz CT molecular complexity index is 1160. The molecular weight excluding hydrogens is 412 g/mol. The maximum atomic E-state index is 13.2. The Morgan fingerprint density at radius 1 is 1.19 bits per heavy atom. The SMILES string of the molecule is COc1ccccc1OCC(=O)N(CCCn1ccnc1)c1nc2ccc(C)cc2s1. The first kappa shape index (κ1) is 20.9. The van der Waals surface area contributed by atoms with Crippen LogP contribution in [0, 0.1) is 6.92 Å². The maximum Gasteiger partial charge on any atom is 0.266 e. The molecule has 31 heavy (non-hydrogen) atoms. The van der Waals surface area contributed by atoms with E-state index in [9.17, 15) is 4.79 Å². The minimum Gasteiger partial charge on any atom is -0.493 e. The van der Waals surface area contributed by atoms with E-state index in [-0.39, 0.29) is 12.5 Å². The third-order valence-electron chi connectivity index (χ3n) is 4.84. The normalized spacial score (nSPS) is 10.9. The summed E-state index contributed by atoms with van der Waals surface area (Å²) in [5.74, 6) is 0.987. The Kier molecular flexibility index (Phi) is 6.47. The van der Waals surface area contributed by atoms with Gasteiger partial charge in [0.1, 0.15) is 0 Å². The average Bonchev–Trinajstić information content (AvgIpc) is 3.44. The van der Waals surface area contributed by atoms with E-state index in [4.69, 9.17) is 14.5 Å². The number of aryl methyl sites for hydroxylation is 2. The van der Waals surface area contributed by atoms with Gasteiger partial charge in [-0.15, -0.1) is 0 Å². The van der Waals surface area contributed by atoms with Crippen molar-refractivity contribution in [3.8, 4) is 11.5 Å². The number of methoxy groups -OCH3 is 1. The number of benzene rings is 2. The van der Waals surface area contributed by atoms with E-state index in [0.717, 1.165) is 23.2 Å². The van der Waals surface area contributed by atoms with Crippen LogP contribution in [0.2, 0.25) is 0 Å². The Labute approximate surface area is 184 Å². The molecule has 2 heterocycles. The van der Waals surface area contributed by atoms with Crippen molar-refractivity contribution in [1.29, 1.82) is 0 Å². The van der Waals surface area contributed by atoms with Crippen molar-refractivity contribution in [3.63, 3.8) is 0 Å². The molecule has 0 aliphatic carbocycles. The molecule has 0 N–H and O–H groups in total. The van der Waals surface area contributed by atoms with Gasteiger partial charge in [-0.2, -0.15) is 0 Å². The van der Waals surface area contributed by atoms with Gasteiger partial charge in [-0.25, -0.2) is 9.97 Å². The van der Waals surface area contributed by atoms with Crippen LogP contribution in [0.3, 0.4) is 0 Å². The molecule has 0 aliphatic heterocycles. The number of ether oxygens (including phenoxy) is 2. The van der Waals surface area contributed by atoms with Crippen LogP contribution in [0.1, 0.15) is 12.0 Å². The first-order valence-corrected chi connectivity index (χ1v) is 10.8. The van der Waals surface area contributed by atoms with Crippen molar-refractivity contribution in [3.05, 3.63) is 66.7 Å². The predicted octanol–water partition coefficient (Wildman–Crippen LogP) is 4.31. The van der Waals surface area contributed by atoms with Gasteiger partial charge in [0, 0.05) is 25.5 Å². The number of fused-ring (bicyclic) bond motifs is 1. The molecule has 0 atom stereocenters. The molecular formula is C23H24N4O3S. The van der Waals surface area contributed by atoms with E-state index in [2.05, 4.69) is 11.1 Å². The van der Waals surface area contributed by atoms with Gasteiger partial charge in [0.05, 0.1) is 23.7 Å². The summed E-state index contributed by atoms with van der Waals surface area (Å²) in [5, 5.41) is 0.680. The van der Waals surface area contributed by atoms with Crippen LogP contribution in [0.15, 0.2) is 61.2 Å². The van der Waals surface area contributed by atoms with Gasteiger partial charge in [0.2, 0.25) is 0 Å². The summed E-state index contributed by atoms with van der Waals surface area (Å²) >= 11 is 1.52. The monoisotopic (exact) mass is 436 g/mol. The molecule has 2 aromatic heterocycles. The average molecular weight is 437 g/mol. The molecule has 2 aromatic carbocycles. The van der Waals surface area contributed by atoms with Gasteiger partial charge in [0.25, 0.3) is 5.91 Å². The second-order valence-corrected chi connectivity index (χ2v) is 8.12. The van der Waals surface area contributed by atoms with Crippen LogP contribution in [-0.2, 0) is 11.3 Å². The highest BCUT2D eigenvalue weighted by Gasteiger charge is 2.21. The first-order chi connectivity index (χ1) is 15.1. The Morgan fingerprint density at radius 3 is 2.81 bits per heavy atom. The molecule has 160 valence electrons. The molecule has 7 nitrogen and oxygen atoms in total. The lowest BCUT2D eigenvalue weighted by molar-refractivity contribution is -0.120. The molecule has 8 heteroatoms. The van der Waals surface area contributed by atoms with Gasteiger partial charge in [-0.05, 0) is 43.2 Å².